The summed E-state index contributed by atoms with van der Waals surface area (Å²) in [5.41, 5.74) is 3.61. The second-order valence-electron chi connectivity index (χ2n) is 7.28. The second kappa shape index (κ2) is 10.2. The minimum Gasteiger partial charge on any atom is -0.348 e. The molecule has 0 spiro atoms. The molecule has 3 rings (SSSR count). The van der Waals surface area contributed by atoms with Gasteiger partial charge in [0.1, 0.15) is 0 Å². The van der Waals surface area contributed by atoms with E-state index in [4.69, 9.17) is 0 Å². The van der Waals surface area contributed by atoms with Crippen LogP contribution in [0.25, 0.3) is 0 Å². The van der Waals surface area contributed by atoms with Crippen LogP contribution < -0.4 is 16.0 Å². The Morgan fingerprint density at radius 2 is 1.48 bits per heavy atom. The van der Waals surface area contributed by atoms with Gasteiger partial charge in [0.2, 0.25) is 5.91 Å². The largest absolute Gasteiger partial charge is 0.348 e. The molecule has 3 N–H and O–H groups in total. The number of carbonyl (C=O) groups is 3. The Hall–Kier alpha value is -3.93. The lowest BCUT2D eigenvalue weighted by molar-refractivity contribution is -0.120. The average molecular weight is 415 g/mol. The molecular formula is C25H25N3O3. The molecule has 6 nitrogen and oxygen atoms in total. The van der Waals surface area contributed by atoms with E-state index in [0.717, 1.165) is 11.1 Å². The van der Waals surface area contributed by atoms with Crippen molar-refractivity contribution in [3.8, 4) is 0 Å². The third-order valence-electron chi connectivity index (χ3n) is 4.78. The zero-order valence-electron chi connectivity index (χ0n) is 17.5. The fraction of sp³-hybridized carbons (Fsp3) is 0.160. The highest BCUT2D eigenvalue weighted by atomic mass is 16.2. The van der Waals surface area contributed by atoms with Gasteiger partial charge in [-0.15, -0.1) is 0 Å². The van der Waals surface area contributed by atoms with Gasteiger partial charge in [-0.25, -0.2) is 0 Å². The van der Waals surface area contributed by atoms with Crippen molar-refractivity contribution >= 4 is 23.4 Å². The molecule has 0 aromatic heterocycles. The Morgan fingerprint density at radius 3 is 2.19 bits per heavy atom. The molecular weight excluding hydrogens is 390 g/mol. The first-order valence-corrected chi connectivity index (χ1v) is 10.0. The first-order chi connectivity index (χ1) is 14.9. The first kappa shape index (κ1) is 21.8. The van der Waals surface area contributed by atoms with E-state index in [9.17, 15) is 14.4 Å². The number of benzene rings is 3. The SMILES string of the molecule is Cc1ccc(C(=O)NCC(=O)NC(C)c2cccc(NC(=O)c3ccccc3)c2)cc1. The van der Waals surface area contributed by atoms with Crippen LogP contribution in [0.2, 0.25) is 0 Å². The summed E-state index contributed by atoms with van der Waals surface area (Å²) in [4.78, 5) is 36.8. The molecule has 1 atom stereocenters. The molecule has 0 aliphatic carbocycles. The molecule has 3 aromatic rings. The van der Waals surface area contributed by atoms with Crippen molar-refractivity contribution in [2.24, 2.45) is 0 Å². The van der Waals surface area contributed by atoms with E-state index in [2.05, 4.69) is 16.0 Å². The van der Waals surface area contributed by atoms with E-state index in [1.807, 2.05) is 50.2 Å². The topological polar surface area (TPSA) is 87.3 Å². The third kappa shape index (κ3) is 6.27. The summed E-state index contributed by atoms with van der Waals surface area (Å²) in [6.07, 6.45) is 0. The fourth-order valence-electron chi connectivity index (χ4n) is 3.02. The van der Waals surface area contributed by atoms with Gasteiger partial charge < -0.3 is 16.0 Å². The molecule has 0 saturated carbocycles. The first-order valence-electron chi connectivity index (χ1n) is 10.0. The molecule has 158 valence electrons. The van der Waals surface area contributed by atoms with Crippen LogP contribution in [0.5, 0.6) is 0 Å². The highest BCUT2D eigenvalue weighted by molar-refractivity contribution is 6.04. The van der Waals surface area contributed by atoms with Crippen molar-refractivity contribution in [3.63, 3.8) is 0 Å². The Morgan fingerprint density at radius 1 is 0.806 bits per heavy atom. The van der Waals surface area contributed by atoms with E-state index in [0.29, 0.717) is 16.8 Å². The van der Waals surface area contributed by atoms with Crippen molar-refractivity contribution in [2.75, 3.05) is 11.9 Å². The number of carbonyl (C=O) groups excluding carboxylic acids is 3. The summed E-state index contributed by atoms with van der Waals surface area (Å²) < 4.78 is 0. The zero-order chi connectivity index (χ0) is 22.2. The molecule has 0 aliphatic rings. The number of amides is 3. The van der Waals surface area contributed by atoms with Gasteiger partial charge in [-0.05, 0) is 55.8 Å². The van der Waals surface area contributed by atoms with E-state index in [1.54, 1.807) is 42.5 Å². The number of hydrogen-bond acceptors (Lipinski definition) is 3. The van der Waals surface area contributed by atoms with Crippen molar-refractivity contribution in [3.05, 3.63) is 101 Å². The van der Waals surface area contributed by atoms with Gasteiger partial charge in [0.15, 0.2) is 0 Å². The van der Waals surface area contributed by atoms with Crippen LogP contribution in [0.15, 0.2) is 78.9 Å². The van der Waals surface area contributed by atoms with Gasteiger partial charge in [0, 0.05) is 16.8 Å². The normalized spacial score (nSPS) is 11.3. The summed E-state index contributed by atoms with van der Waals surface area (Å²) in [5.74, 6) is -0.798. The van der Waals surface area contributed by atoms with E-state index < -0.39 is 0 Å². The van der Waals surface area contributed by atoms with Crippen molar-refractivity contribution < 1.29 is 14.4 Å². The van der Waals surface area contributed by atoms with Crippen molar-refractivity contribution in [2.45, 2.75) is 19.9 Å². The number of anilines is 1. The smallest absolute Gasteiger partial charge is 0.255 e. The van der Waals surface area contributed by atoms with E-state index in [1.165, 1.54) is 0 Å². The molecule has 0 aliphatic heterocycles. The molecule has 0 bridgehead atoms. The molecule has 0 fully saturated rings. The standard InChI is InChI=1S/C25H25N3O3/c1-17-11-13-20(14-12-17)24(30)26-16-23(29)27-18(2)21-9-6-10-22(15-21)28-25(31)19-7-4-3-5-8-19/h3-15,18H,16H2,1-2H3,(H,26,30)(H,27,29)(H,28,31). The van der Waals surface area contributed by atoms with Gasteiger partial charge in [0.25, 0.3) is 11.8 Å². The number of aryl methyl sites for hydroxylation is 1. The van der Waals surface area contributed by atoms with E-state index in [-0.39, 0.29) is 30.3 Å². The van der Waals surface area contributed by atoms with Gasteiger partial charge >= 0.3 is 0 Å². The van der Waals surface area contributed by atoms with Crippen LogP contribution in [0, 0.1) is 6.92 Å². The highest BCUT2D eigenvalue weighted by Gasteiger charge is 2.13. The summed E-state index contributed by atoms with van der Waals surface area (Å²) in [6.45, 7) is 3.66. The Kier molecular flexibility index (Phi) is 7.17. The van der Waals surface area contributed by atoms with E-state index >= 15 is 0 Å². The van der Waals surface area contributed by atoms with Crippen molar-refractivity contribution in [1.82, 2.24) is 10.6 Å². The summed E-state index contributed by atoms with van der Waals surface area (Å²) in [5, 5.41) is 8.34. The molecule has 31 heavy (non-hydrogen) atoms. The maximum Gasteiger partial charge on any atom is 0.255 e. The number of nitrogens with one attached hydrogen (secondary N) is 3. The number of hydrogen-bond donors (Lipinski definition) is 3. The third-order valence-corrected chi connectivity index (χ3v) is 4.78. The number of rotatable bonds is 7. The van der Waals surface area contributed by atoms with Gasteiger partial charge in [-0.1, -0.05) is 48.0 Å². The monoisotopic (exact) mass is 415 g/mol. The molecule has 0 saturated heterocycles. The lowest BCUT2D eigenvalue weighted by Crippen LogP contribution is -2.38. The summed E-state index contributed by atoms with van der Waals surface area (Å²) in [7, 11) is 0. The maximum atomic E-state index is 12.3. The Labute approximate surface area is 181 Å². The van der Waals surface area contributed by atoms with Crippen molar-refractivity contribution in [1.29, 1.82) is 0 Å². The van der Waals surface area contributed by atoms with Crippen LogP contribution >= 0.6 is 0 Å². The molecule has 6 heteroatoms. The predicted octanol–water partition coefficient (Wildman–Crippen LogP) is 3.85. The molecule has 3 amide bonds. The molecule has 0 heterocycles. The lowest BCUT2D eigenvalue weighted by Gasteiger charge is -2.16. The Bertz CT molecular complexity index is 1060. The molecule has 0 radical (unpaired) electrons. The quantitative estimate of drug-likeness (QED) is 0.548. The van der Waals surface area contributed by atoms with Gasteiger partial charge in [-0.3, -0.25) is 14.4 Å². The second-order valence-corrected chi connectivity index (χ2v) is 7.28. The minimum atomic E-state index is -0.299. The minimum absolute atomic E-state index is 0.124. The van der Waals surface area contributed by atoms with Crippen LogP contribution in [-0.2, 0) is 4.79 Å². The van der Waals surface area contributed by atoms with Gasteiger partial charge in [-0.2, -0.15) is 0 Å². The average Bonchev–Trinajstić information content (AvgIpc) is 2.78. The van der Waals surface area contributed by atoms with Gasteiger partial charge in [0.05, 0.1) is 12.6 Å². The van der Waals surface area contributed by atoms with Crippen LogP contribution in [0.4, 0.5) is 5.69 Å². The summed E-state index contributed by atoms with van der Waals surface area (Å²) >= 11 is 0. The van der Waals surface area contributed by atoms with Crippen LogP contribution in [0.1, 0.15) is 44.8 Å². The van der Waals surface area contributed by atoms with Crippen LogP contribution in [-0.4, -0.2) is 24.3 Å². The zero-order valence-corrected chi connectivity index (χ0v) is 17.5. The highest BCUT2D eigenvalue weighted by Crippen LogP contribution is 2.18. The van der Waals surface area contributed by atoms with Crippen LogP contribution in [0.3, 0.4) is 0 Å². The molecule has 3 aromatic carbocycles. The summed E-state index contributed by atoms with van der Waals surface area (Å²) in [6, 6.07) is 23.1. The maximum absolute atomic E-state index is 12.3. The fourth-order valence-corrected chi connectivity index (χ4v) is 3.02. The predicted molar refractivity (Wildman–Crippen MR) is 121 cm³/mol. The Balaban J connectivity index is 1.53. The lowest BCUT2D eigenvalue weighted by atomic mass is 10.1. The molecule has 1 unspecified atom stereocenters.